The second kappa shape index (κ2) is 3.94. The zero-order chi connectivity index (χ0) is 6.08. The van der Waals surface area contributed by atoms with Crippen molar-refractivity contribution in [3.8, 4) is 0 Å². The molecule has 0 aliphatic carbocycles. The molecule has 0 bridgehead atoms. The van der Waals surface area contributed by atoms with E-state index in [-0.39, 0.29) is 32.7 Å². The summed E-state index contributed by atoms with van der Waals surface area (Å²) in [7, 11) is 0. The first-order valence-electron chi connectivity index (χ1n) is 2.26. The van der Waals surface area contributed by atoms with Crippen LogP contribution in [-0.2, 0) is 32.7 Å². The fourth-order valence-corrected chi connectivity index (χ4v) is 0. The Morgan fingerprint density at radius 1 is 1.50 bits per heavy atom. The molecule has 0 aliphatic rings. The van der Waals surface area contributed by atoms with Gasteiger partial charge in [0.15, 0.2) is 0 Å². The molecule has 3 N–H and O–H groups in total. The van der Waals surface area contributed by atoms with Gasteiger partial charge in [0.05, 0.1) is 0 Å². The third kappa shape index (κ3) is 5.17. The molecule has 0 aromatic carbocycles. The van der Waals surface area contributed by atoms with E-state index in [1.54, 1.807) is 20.8 Å². The Labute approximate surface area is 75.7 Å². The molecule has 0 atom stereocenters. The predicted molar refractivity (Wildman–Crippen MR) is 29.4 cm³/mol. The molecule has 0 aliphatic heterocycles. The molecule has 2 nitrogen and oxygen atoms in total. The van der Waals surface area contributed by atoms with Gasteiger partial charge in [0, 0.05) is 0 Å². The van der Waals surface area contributed by atoms with E-state index in [0.29, 0.717) is 6.04 Å². The van der Waals surface area contributed by atoms with Crippen LogP contribution in [0.25, 0.3) is 0 Å². The fraction of sp³-hybridized carbons (Fsp3) is 0.800. The first-order valence-corrected chi connectivity index (χ1v) is 2.26. The molecule has 0 spiro atoms. The molecule has 0 radical (unpaired) electrons. The van der Waals surface area contributed by atoms with Gasteiger partial charge in [-0.25, -0.2) is 6.04 Å². The van der Waals surface area contributed by atoms with Gasteiger partial charge >= 0.3 is 32.7 Å². The van der Waals surface area contributed by atoms with E-state index >= 15 is 0 Å². The molecular weight excluding hydrogens is 179 g/mol. The van der Waals surface area contributed by atoms with Crippen LogP contribution in [0.4, 0.5) is 0 Å². The Morgan fingerprint density at radius 2 is 1.62 bits per heavy atom. The summed E-state index contributed by atoms with van der Waals surface area (Å²) in [5, 5.41) is 8.93. The molecular formula is C5H12NOY+2. The quantitative estimate of drug-likeness (QED) is 0.584. The van der Waals surface area contributed by atoms with Crippen LogP contribution < -0.4 is 5.73 Å². The van der Waals surface area contributed by atoms with E-state index in [9.17, 15) is 0 Å². The summed E-state index contributed by atoms with van der Waals surface area (Å²) in [5.41, 5.74) is 4.43. The third-order valence-corrected chi connectivity index (χ3v) is 0.965. The third-order valence-electron chi connectivity index (χ3n) is 0.965. The van der Waals surface area contributed by atoms with Crippen molar-refractivity contribution in [3.63, 3.8) is 0 Å². The monoisotopic (exact) mass is 191 g/mol. The van der Waals surface area contributed by atoms with Gasteiger partial charge in [-0.05, 0) is 5.60 Å². The molecule has 44 valence electrons. The smallest absolute Gasteiger partial charge is 0.478 e. The topological polar surface area (TPSA) is 46.2 Å². The predicted octanol–water partition coefficient (Wildman–Crippen LogP) is 0.265. The molecule has 0 aromatic heterocycles. The number of aliphatic hydroxyl groups is 1. The van der Waals surface area contributed by atoms with Crippen LogP contribution >= 0.6 is 0 Å². The van der Waals surface area contributed by atoms with Crippen molar-refractivity contribution in [2.24, 2.45) is 5.73 Å². The second-order valence-electron chi connectivity index (χ2n) is 2.24. The fourth-order valence-electron chi connectivity index (χ4n) is 0. The SMILES string of the molecule is C[C-](N)C(C)(C)O.[Y+3]. The number of rotatable bonds is 1. The Bertz CT molecular complexity index is 57.9. The van der Waals surface area contributed by atoms with E-state index in [1.165, 1.54) is 0 Å². The van der Waals surface area contributed by atoms with Gasteiger partial charge in [0.1, 0.15) is 0 Å². The van der Waals surface area contributed by atoms with Crippen LogP contribution in [0, 0.1) is 6.04 Å². The molecule has 3 heteroatoms. The number of hydrogen-bond donors (Lipinski definition) is 2. The maximum absolute atomic E-state index is 8.93. The van der Waals surface area contributed by atoms with Crippen LogP contribution in [0.15, 0.2) is 0 Å². The summed E-state index contributed by atoms with van der Waals surface area (Å²) in [6.07, 6.45) is 0. The van der Waals surface area contributed by atoms with E-state index in [2.05, 4.69) is 0 Å². The van der Waals surface area contributed by atoms with Crippen molar-refractivity contribution >= 4 is 0 Å². The maximum Gasteiger partial charge on any atom is 3.00 e. The minimum atomic E-state index is -0.806. The van der Waals surface area contributed by atoms with Gasteiger partial charge in [-0.15, -0.1) is 0 Å². The Hall–Kier alpha value is 1.02. The van der Waals surface area contributed by atoms with Crippen molar-refractivity contribution in [1.29, 1.82) is 0 Å². The van der Waals surface area contributed by atoms with Crippen LogP contribution in [-0.4, -0.2) is 10.7 Å². The second-order valence-corrected chi connectivity index (χ2v) is 2.24. The molecule has 0 unspecified atom stereocenters. The molecule has 0 heterocycles. The minimum Gasteiger partial charge on any atom is -0.478 e. The molecule has 0 saturated heterocycles. The standard InChI is InChI=1S/C5H12NO.Y/c1-4(6)5(2,3)7;/h7H,6H2,1-3H3;/q-1;+3. The van der Waals surface area contributed by atoms with E-state index in [1.807, 2.05) is 0 Å². The number of nitrogens with two attached hydrogens (primary N) is 1. The molecule has 0 fully saturated rings. The van der Waals surface area contributed by atoms with Crippen molar-refractivity contribution in [2.45, 2.75) is 26.4 Å². The Kier molecular flexibility index (Phi) is 5.80. The zero-order valence-electron chi connectivity index (χ0n) is 5.60. The van der Waals surface area contributed by atoms with Crippen LogP contribution in [0.3, 0.4) is 0 Å². The van der Waals surface area contributed by atoms with Crippen molar-refractivity contribution < 1.29 is 37.8 Å². The Balaban J connectivity index is 0. The normalized spacial score (nSPS) is 11.2. The summed E-state index contributed by atoms with van der Waals surface area (Å²) < 4.78 is 0. The average Bonchev–Trinajstić information content (AvgIpc) is 1.31. The van der Waals surface area contributed by atoms with E-state index in [0.717, 1.165) is 0 Å². The first kappa shape index (κ1) is 11.8. The summed E-state index contributed by atoms with van der Waals surface area (Å²) in [6, 6.07) is 0.549. The first-order chi connectivity index (χ1) is 2.94. The molecule has 0 rings (SSSR count). The van der Waals surface area contributed by atoms with Gasteiger partial charge in [0.25, 0.3) is 0 Å². The maximum atomic E-state index is 8.93. The van der Waals surface area contributed by atoms with Crippen molar-refractivity contribution in [3.05, 3.63) is 6.04 Å². The van der Waals surface area contributed by atoms with Crippen LogP contribution in [0.5, 0.6) is 0 Å². The van der Waals surface area contributed by atoms with Gasteiger partial charge in [-0.2, -0.15) is 6.92 Å². The molecule has 0 saturated carbocycles. The van der Waals surface area contributed by atoms with Gasteiger partial charge in [-0.3, -0.25) is 0 Å². The Morgan fingerprint density at radius 3 is 1.62 bits per heavy atom. The van der Waals surface area contributed by atoms with Crippen molar-refractivity contribution in [2.75, 3.05) is 0 Å². The summed E-state index contributed by atoms with van der Waals surface area (Å²) in [4.78, 5) is 0. The van der Waals surface area contributed by atoms with Crippen LogP contribution in [0.2, 0.25) is 0 Å². The summed E-state index contributed by atoms with van der Waals surface area (Å²) in [5.74, 6) is 0. The summed E-state index contributed by atoms with van der Waals surface area (Å²) in [6.45, 7) is 5.00. The van der Waals surface area contributed by atoms with Crippen LogP contribution in [0.1, 0.15) is 20.8 Å². The molecule has 0 aromatic rings. The molecule has 0 amide bonds. The van der Waals surface area contributed by atoms with Crippen molar-refractivity contribution in [1.82, 2.24) is 0 Å². The largest absolute Gasteiger partial charge is 3.00 e. The van der Waals surface area contributed by atoms with E-state index in [4.69, 9.17) is 10.8 Å². The summed E-state index contributed by atoms with van der Waals surface area (Å²) >= 11 is 0. The van der Waals surface area contributed by atoms with Gasteiger partial charge in [-0.1, -0.05) is 13.8 Å². The van der Waals surface area contributed by atoms with Gasteiger partial charge < -0.3 is 10.8 Å². The van der Waals surface area contributed by atoms with E-state index < -0.39 is 5.60 Å². The number of hydrogen-bond acceptors (Lipinski definition) is 2. The molecule has 8 heavy (non-hydrogen) atoms. The zero-order valence-corrected chi connectivity index (χ0v) is 8.44. The van der Waals surface area contributed by atoms with Gasteiger partial charge in [0.2, 0.25) is 0 Å². The average molecular weight is 191 g/mol. The minimum absolute atomic E-state index is 0.